The molecule has 3 aliphatic heterocycles. The van der Waals surface area contributed by atoms with Gasteiger partial charge in [0.2, 0.25) is 0 Å². The van der Waals surface area contributed by atoms with E-state index >= 15 is 0 Å². The quantitative estimate of drug-likeness (QED) is 0.736. The molecule has 0 N–H and O–H groups in total. The fourth-order valence-electron chi connectivity index (χ4n) is 5.28. The first-order valence-electron chi connectivity index (χ1n) is 11.2. The van der Waals surface area contributed by atoms with E-state index in [-0.39, 0.29) is 29.1 Å². The molecule has 32 heavy (non-hydrogen) atoms. The number of urea groups is 1. The van der Waals surface area contributed by atoms with Gasteiger partial charge in [-0.3, -0.25) is 9.78 Å². The Balaban J connectivity index is 1.30. The third kappa shape index (κ3) is 3.72. The van der Waals surface area contributed by atoms with Crippen LogP contribution in [0.15, 0.2) is 48.8 Å². The van der Waals surface area contributed by atoms with Crippen molar-refractivity contribution in [1.29, 1.82) is 0 Å². The number of carbonyl (C=O) groups is 2. The highest BCUT2D eigenvalue weighted by Gasteiger charge is 2.54. The maximum absolute atomic E-state index is 14.1. The van der Waals surface area contributed by atoms with Crippen molar-refractivity contribution in [2.45, 2.75) is 37.4 Å². The number of hydrogen-bond acceptors (Lipinski definition) is 4. The summed E-state index contributed by atoms with van der Waals surface area (Å²) in [6.45, 7) is 3.35. The SMILES string of the molecule is O=C(c1ccccc1F)N1CCC(N2C(=O)N(Cc3cccnc3)C[C@]23CCOC3)CC1. The minimum absolute atomic E-state index is 0.0261. The lowest BCUT2D eigenvalue weighted by Crippen LogP contribution is -2.56. The average molecular weight is 439 g/mol. The molecule has 1 atom stereocenters. The molecule has 3 saturated heterocycles. The van der Waals surface area contributed by atoms with Crippen LogP contribution in [0, 0.1) is 5.82 Å². The summed E-state index contributed by atoms with van der Waals surface area (Å²) in [5, 5.41) is 0. The van der Waals surface area contributed by atoms with Gasteiger partial charge in [0.05, 0.1) is 17.7 Å². The van der Waals surface area contributed by atoms with E-state index in [1.807, 2.05) is 21.9 Å². The molecule has 3 amide bonds. The summed E-state index contributed by atoms with van der Waals surface area (Å²) in [4.78, 5) is 36.1. The smallest absolute Gasteiger partial charge is 0.321 e. The van der Waals surface area contributed by atoms with E-state index in [4.69, 9.17) is 4.74 Å². The van der Waals surface area contributed by atoms with Gasteiger partial charge in [0.1, 0.15) is 5.82 Å². The molecule has 7 nitrogen and oxygen atoms in total. The standard InChI is InChI=1S/C24H27FN4O3/c25-21-6-2-1-5-20(21)22(30)27-11-7-19(8-12-27)29-23(31)28(15-18-4-3-10-26-14-18)16-24(29)9-13-32-17-24/h1-6,10,14,19H,7-9,11-13,15-17H2/t24-/m0/s1. The van der Waals surface area contributed by atoms with Gasteiger partial charge in [-0.15, -0.1) is 0 Å². The Labute approximate surface area is 186 Å². The van der Waals surface area contributed by atoms with E-state index in [2.05, 4.69) is 4.98 Å². The molecule has 0 radical (unpaired) electrons. The number of carbonyl (C=O) groups excluding carboxylic acids is 2. The number of piperidine rings is 1. The van der Waals surface area contributed by atoms with Crippen molar-refractivity contribution >= 4 is 11.9 Å². The summed E-state index contributed by atoms with van der Waals surface area (Å²) in [6.07, 6.45) is 5.68. The molecule has 1 spiro atoms. The van der Waals surface area contributed by atoms with Gasteiger partial charge >= 0.3 is 6.03 Å². The van der Waals surface area contributed by atoms with Crippen LogP contribution in [0.2, 0.25) is 0 Å². The zero-order chi connectivity index (χ0) is 22.1. The van der Waals surface area contributed by atoms with Crippen LogP contribution in [0.25, 0.3) is 0 Å². The van der Waals surface area contributed by atoms with Crippen LogP contribution in [0.3, 0.4) is 0 Å². The predicted molar refractivity (Wildman–Crippen MR) is 115 cm³/mol. The van der Waals surface area contributed by atoms with Crippen molar-refractivity contribution in [3.05, 3.63) is 65.7 Å². The van der Waals surface area contributed by atoms with Crippen LogP contribution in [0.5, 0.6) is 0 Å². The van der Waals surface area contributed by atoms with Crippen molar-refractivity contribution in [2.24, 2.45) is 0 Å². The first kappa shape index (κ1) is 20.9. The number of likely N-dealkylation sites (tertiary alicyclic amines) is 1. The first-order chi connectivity index (χ1) is 15.6. The normalized spacial score (nSPS) is 24.0. The van der Waals surface area contributed by atoms with Gasteiger partial charge < -0.3 is 19.4 Å². The molecule has 1 aromatic heterocycles. The number of rotatable bonds is 4. The van der Waals surface area contributed by atoms with E-state index in [1.165, 1.54) is 12.1 Å². The lowest BCUT2D eigenvalue weighted by atomic mass is 9.92. The zero-order valence-electron chi connectivity index (χ0n) is 18.0. The zero-order valence-corrected chi connectivity index (χ0v) is 18.0. The average Bonchev–Trinajstić information content (AvgIpc) is 3.39. The number of hydrogen-bond donors (Lipinski definition) is 0. The Hall–Kier alpha value is -3.00. The fourth-order valence-corrected chi connectivity index (χ4v) is 5.28. The van der Waals surface area contributed by atoms with Crippen molar-refractivity contribution < 1.29 is 18.7 Å². The van der Waals surface area contributed by atoms with Gasteiger partial charge in [-0.25, -0.2) is 9.18 Å². The molecule has 8 heteroatoms. The summed E-state index contributed by atoms with van der Waals surface area (Å²) < 4.78 is 19.8. The number of nitrogens with zero attached hydrogens (tertiary/aromatic N) is 4. The van der Waals surface area contributed by atoms with Gasteiger partial charge in [0, 0.05) is 51.2 Å². The molecule has 0 unspecified atom stereocenters. The number of halogens is 1. The number of ether oxygens (including phenoxy) is 1. The van der Waals surface area contributed by atoms with E-state index in [1.54, 1.807) is 29.4 Å². The van der Waals surface area contributed by atoms with Crippen molar-refractivity contribution in [1.82, 2.24) is 19.7 Å². The minimum atomic E-state index is -0.498. The third-order valence-electron chi connectivity index (χ3n) is 6.87. The highest BCUT2D eigenvalue weighted by atomic mass is 19.1. The van der Waals surface area contributed by atoms with E-state index < -0.39 is 5.82 Å². The Kier molecular flexibility index (Phi) is 5.55. The van der Waals surface area contributed by atoms with E-state index in [0.717, 1.165) is 12.0 Å². The van der Waals surface area contributed by atoms with E-state index in [9.17, 15) is 14.0 Å². The second-order valence-electron chi connectivity index (χ2n) is 8.90. The number of pyridine rings is 1. The largest absolute Gasteiger partial charge is 0.379 e. The molecule has 3 fully saturated rings. The molecule has 168 valence electrons. The molecule has 4 heterocycles. The third-order valence-corrected chi connectivity index (χ3v) is 6.87. The van der Waals surface area contributed by atoms with Crippen LogP contribution >= 0.6 is 0 Å². The van der Waals surface area contributed by atoms with Crippen LogP contribution in [-0.4, -0.2) is 76.1 Å². The summed E-state index contributed by atoms with van der Waals surface area (Å²) in [5.74, 6) is -0.783. The molecular weight excluding hydrogens is 411 g/mol. The summed E-state index contributed by atoms with van der Waals surface area (Å²) in [7, 11) is 0. The van der Waals surface area contributed by atoms with Crippen LogP contribution in [-0.2, 0) is 11.3 Å². The summed E-state index contributed by atoms with van der Waals surface area (Å²) in [5.41, 5.74) is 0.787. The Morgan fingerprint density at radius 3 is 2.69 bits per heavy atom. The number of amides is 3. The lowest BCUT2D eigenvalue weighted by molar-refractivity contribution is 0.0496. The number of benzene rings is 1. The molecular formula is C24H27FN4O3. The maximum Gasteiger partial charge on any atom is 0.321 e. The molecule has 1 aromatic carbocycles. The Morgan fingerprint density at radius 2 is 2.00 bits per heavy atom. The highest BCUT2D eigenvalue weighted by molar-refractivity contribution is 5.94. The second-order valence-corrected chi connectivity index (χ2v) is 8.90. The minimum Gasteiger partial charge on any atom is -0.379 e. The lowest BCUT2D eigenvalue weighted by Gasteiger charge is -2.42. The van der Waals surface area contributed by atoms with Crippen LogP contribution in [0.1, 0.15) is 35.2 Å². The monoisotopic (exact) mass is 438 g/mol. The van der Waals surface area contributed by atoms with Gasteiger partial charge in [0.25, 0.3) is 5.91 Å². The van der Waals surface area contributed by atoms with Gasteiger partial charge in [0.15, 0.2) is 0 Å². The van der Waals surface area contributed by atoms with Gasteiger partial charge in [-0.2, -0.15) is 0 Å². The van der Waals surface area contributed by atoms with Gasteiger partial charge in [-0.1, -0.05) is 18.2 Å². The van der Waals surface area contributed by atoms with Crippen LogP contribution < -0.4 is 0 Å². The summed E-state index contributed by atoms with van der Waals surface area (Å²) in [6, 6.07) is 10.0. The molecule has 2 aromatic rings. The summed E-state index contributed by atoms with van der Waals surface area (Å²) >= 11 is 0. The maximum atomic E-state index is 14.1. The molecule has 0 bridgehead atoms. The van der Waals surface area contributed by atoms with Crippen molar-refractivity contribution in [3.8, 4) is 0 Å². The molecule has 0 aliphatic carbocycles. The molecule has 3 aliphatic rings. The highest BCUT2D eigenvalue weighted by Crippen LogP contribution is 2.38. The topological polar surface area (TPSA) is 66.0 Å². The van der Waals surface area contributed by atoms with Gasteiger partial charge in [-0.05, 0) is 43.0 Å². The predicted octanol–water partition coefficient (Wildman–Crippen LogP) is 2.92. The first-order valence-corrected chi connectivity index (χ1v) is 11.2. The van der Waals surface area contributed by atoms with E-state index in [0.29, 0.717) is 52.2 Å². The molecule has 5 rings (SSSR count). The fraction of sp³-hybridized carbons (Fsp3) is 0.458. The van der Waals surface area contributed by atoms with Crippen molar-refractivity contribution in [2.75, 3.05) is 32.8 Å². The Bertz CT molecular complexity index is 988. The number of aromatic nitrogens is 1. The molecule has 0 saturated carbocycles. The van der Waals surface area contributed by atoms with Crippen LogP contribution in [0.4, 0.5) is 9.18 Å². The second kappa shape index (κ2) is 8.50. The Morgan fingerprint density at radius 1 is 1.19 bits per heavy atom. The van der Waals surface area contributed by atoms with Crippen molar-refractivity contribution in [3.63, 3.8) is 0 Å².